The van der Waals surface area contributed by atoms with Gasteiger partial charge in [-0.05, 0) is 47.9 Å². The predicted octanol–water partition coefficient (Wildman–Crippen LogP) is 4.77. The highest BCUT2D eigenvalue weighted by Gasteiger charge is 2.46. The monoisotopic (exact) mass is 557 g/mol. The first-order chi connectivity index (χ1) is 19.8. The molecule has 11 heteroatoms. The molecule has 1 fully saturated rings. The van der Waals surface area contributed by atoms with Crippen LogP contribution in [0.1, 0.15) is 22.7 Å². The molecule has 1 atom stereocenters. The van der Waals surface area contributed by atoms with Gasteiger partial charge in [0.1, 0.15) is 11.5 Å². The molecule has 0 aliphatic carbocycles. The lowest BCUT2D eigenvalue weighted by molar-refractivity contribution is -0.384. The van der Waals surface area contributed by atoms with E-state index in [1.54, 1.807) is 25.3 Å². The Morgan fingerprint density at radius 3 is 2.49 bits per heavy atom. The maximum absolute atomic E-state index is 13.5. The Kier molecular flexibility index (Phi) is 7.34. The second-order valence-electron chi connectivity index (χ2n) is 9.39. The van der Waals surface area contributed by atoms with E-state index < -0.39 is 28.4 Å². The molecule has 1 aromatic heterocycles. The maximum atomic E-state index is 13.5. The van der Waals surface area contributed by atoms with E-state index in [2.05, 4.69) is 4.98 Å². The standard InChI is InChI=1S/C30H27N3O8/c1-39-21-8-9-23-22(15-21)19(16-31-23)11-12-32-27(17-7-10-24(40-2)25(14-17)41-3)26(29(35)30(32)36)28(34)18-5-4-6-20(13-18)33(37)38/h4-10,13-16,27,31,34H,11-12H2,1-3H3/t27-/m0/s1. The SMILES string of the molecule is COc1ccc2[nH]cc(CCN3C(=O)C(=O)C(=C(O)c4cccc([N+](=O)[O-])c4)[C@@H]3c3ccc(OC)c(OC)c3)c2c1. The van der Waals surface area contributed by atoms with Gasteiger partial charge in [0.05, 0.1) is 37.9 Å². The number of rotatable bonds is 9. The Morgan fingerprint density at radius 1 is 1.00 bits per heavy atom. The van der Waals surface area contributed by atoms with Crippen LogP contribution in [0.2, 0.25) is 0 Å². The molecule has 0 unspecified atom stereocenters. The van der Waals surface area contributed by atoms with Crippen LogP contribution in [-0.2, 0) is 16.0 Å². The highest BCUT2D eigenvalue weighted by atomic mass is 16.6. The summed E-state index contributed by atoms with van der Waals surface area (Å²) in [6.07, 6.45) is 2.23. The van der Waals surface area contributed by atoms with Crippen LogP contribution in [0.25, 0.3) is 16.7 Å². The third kappa shape index (κ3) is 4.93. The van der Waals surface area contributed by atoms with Gasteiger partial charge in [-0.3, -0.25) is 19.7 Å². The van der Waals surface area contributed by atoms with E-state index in [0.29, 0.717) is 29.2 Å². The minimum atomic E-state index is -0.992. The Hall–Kier alpha value is -5.32. The van der Waals surface area contributed by atoms with Crippen LogP contribution in [0.3, 0.4) is 0 Å². The summed E-state index contributed by atoms with van der Waals surface area (Å²) in [5.41, 5.74) is 1.90. The number of benzene rings is 3. The smallest absolute Gasteiger partial charge is 0.295 e. The Labute approximate surface area is 234 Å². The quantitative estimate of drug-likeness (QED) is 0.0985. The van der Waals surface area contributed by atoms with Gasteiger partial charge < -0.3 is 29.2 Å². The van der Waals surface area contributed by atoms with Crippen molar-refractivity contribution in [3.8, 4) is 17.2 Å². The van der Waals surface area contributed by atoms with E-state index in [-0.39, 0.29) is 23.4 Å². The molecule has 2 N–H and O–H groups in total. The number of carbonyl (C=O) groups excluding carboxylic acids is 2. The lowest BCUT2D eigenvalue weighted by Gasteiger charge is -2.26. The molecule has 0 spiro atoms. The van der Waals surface area contributed by atoms with E-state index in [1.165, 1.54) is 37.3 Å². The molecule has 1 aliphatic rings. The van der Waals surface area contributed by atoms with Crippen LogP contribution in [0.4, 0.5) is 5.69 Å². The van der Waals surface area contributed by atoms with Crippen LogP contribution in [-0.4, -0.2) is 59.5 Å². The summed E-state index contributed by atoms with van der Waals surface area (Å²) in [6.45, 7) is 0.138. The number of amides is 1. The van der Waals surface area contributed by atoms with E-state index in [9.17, 15) is 24.8 Å². The number of nitrogens with zero attached hydrogens (tertiary/aromatic N) is 2. The van der Waals surface area contributed by atoms with Gasteiger partial charge in [0, 0.05) is 41.3 Å². The van der Waals surface area contributed by atoms with Gasteiger partial charge in [-0.15, -0.1) is 0 Å². The number of hydrogen-bond donors (Lipinski definition) is 2. The second-order valence-corrected chi connectivity index (χ2v) is 9.39. The van der Waals surface area contributed by atoms with Crippen molar-refractivity contribution in [2.24, 2.45) is 0 Å². The van der Waals surface area contributed by atoms with Crippen molar-refractivity contribution in [2.45, 2.75) is 12.5 Å². The van der Waals surface area contributed by atoms with E-state index in [4.69, 9.17) is 14.2 Å². The number of ketones is 1. The number of nitro benzene ring substituents is 1. The van der Waals surface area contributed by atoms with Gasteiger partial charge in [0.15, 0.2) is 11.5 Å². The van der Waals surface area contributed by atoms with E-state index >= 15 is 0 Å². The molecular formula is C30H27N3O8. The van der Waals surface area contributed by atoms with Crippen LogP contribution in [0, 0.1) is 10.1 Å². The van der Waals surface area contributed by atoms with Crippen molar-refractivity contribution < 1.29 is 33.8 Å². The number of carbonyl (C=O) groups is 2. The molecule has 0 radical (unpaired) electrons. The van der Waals surface area contributed by atoms with Crippen LogP contribution < -0.4 is 14.2 Å². The third-order valence-corrected chi connectivity index (χ3v) is 7.19. The number of Topliss-reactive ketones (excluding diaryl/α,β-unsaturated/α-hetero) is 1. The molecule has 5 rings (SSSR count). The van der Waals surface area contributed by atoms with E-state index in [1.807, 2.05) is 24.4 Å². The number of aromatic amines is 1. The third-order valence-electron chi connectivity index (χ3n) is 7.19. The molecule has 2 heterocycles. The fourth-order valence-corrected chi connectivity index (χ4v) is 5.13. The number of nitro groups is 1. The average Bonchev–Trinajstić information content (AvgIpc) is 3.52. The van der Waals surface area contributed by atoms with Gasteiger partial charge in [-0.25, -0.2) is 0 Å². The number of hydrogen-bond acceptors (Lipinski definition) is 8. The molecule has 41 heavy (non-hydrogen) atoms. The number of aliphatic hydroxyl groups is 1. The van der Waals surface area contributed by atoms with Crippen molar-refractivity contribution in [3.63, 3.8) is 0 Å². The maximum Gasteiger partial charge on any atom is 0.295 e. The number of fused-ring (bicyclic) bond motifs is 1. The molecule has 1 aliphatic heterocycles. The number of methoxy groups -OCH3 is 3. The highest BCUT2D eigenvalue weighted by molar-refractivity contribution is 6.46. The van der Waals surface area contributed by atoms with Crippen molar-refractivity contribution in [1.29, 1.82) is 0 Å². The minimum Gasteiger partial charge on any atom is -0.507 e. The van der Waals surface area contributed by atoms with Gasteiger partial charge in [-0.2, -0.15) is 0 Å². The van der Waals surface area contributed by atoms with Gasteiger partial charge in [0.25, 0.3) is 17.4 Å². The summed E-state index contributed by atoms with van der Waals surface area (Å²) >= 11 is 0. The van der Waals surface area contributed by atoms with Gasteiger partial charge >= 0.3 is 0 Å². The lowest BCUT2D eigenvalue weighted by Crippen LogP contribution is -2.31. The minimum absolute atomic E-state index is 0.0476. The van der Waals surface area contributed by atoms with Crippen LogP contribution in [0.5, 0.6) is 17.2 Å². The van der Waals surface area contributed by atoms with Crippen molar-refractivity contribution in [1.82, 2.24) is 9.88 Å². The zero-order chi connectivity index (χ0) is 29.3. The van der Waals surface area contributed by atoms with Crippen molar-refractivity contribution in [2.75, 3.05) is 27.9 Å². The number of aromatic nitrogens is 1. The molecular weight excluding hydrogens is 530 g/mol. The molecule has 210 valence electrons. The fourth-order valence-electron chi connectivity index (χ4n) is 5.13. The topological polar surface area (TPSA) is 144 Å². The Bertz CT molecular complexity index is 1710. The molecule has 1 amide bonds. The van der Waals surface area contributed by atoms with E-state index in [0.717, 1.165) is 22.5 Å². The first-order valence-corrected chi connectivity index (χ1v) is 12.7. The molecule has 0 bridgehead atoms. The highest BCUT2D eigenvalue weighted by Crippen LogP contribution is 2.42. The van der Waals surface area contributed by atoms with Crippen LogP contribution in [0.15, 0.2) is 72.4 Å². The number of likely N-dealkylation sites (tertiary alicyclic amines) is 1. The normalized spacial score (nSPS) is 16.3. The largest absolute Gasteiger partial charge is 0.507 e. The summed E-state index contributed by atoms with van der Waals surface area (Å²) in [5.74, 6) is -0.704. The molecule has 4 aromatic rings. The zero-order valence-corrected chi connectivity index (χ0v) is 22.5. The summed E-state index contributed by atoms with van der Waals surface area (Å²) in [5, 5.41) is 23.6. The molecule has 0 saturated carbocycles. The molecule has 3 aromatic carbocycles. The molecule has 11 nitrogen and oxygen atoms in total. The number of ether oxygens (including phenoxy) is 3. The fraction of sp³-hybridized carbons (Fsp3) is 0.200. The molecule has 1 saturated heterocycles. The first-order valence-electron chi connectivity index (χ1n) is 12.7. The van der Waals surface area contributed by atoms with Crippen LogP contribution >= 0.6 is 0 Å². The number of nitrogens with one attached hydrogen (secondary N) is 1. The predicted molar refractivity (Wildman–Crippen MR) is 150 cm³/mol. The van der Waals surface area contributed by atoms with Crippen molar-refractivity contribution >= 4 is 34.0 Å². The number of aliphatic hydroxyl groups excluding tert-OH is 1. The lowest BCUT2D eigenvalue weighted by atomic mass is 9.94. The Morgan fingerprint density at radius 2 is 1.78 bits per heavy atom. The number of non-ortho nitro benzene ring substituents is 1. The summed E-state index contributed by atoms with van der Waals surface area (Å²) in [6, 6.07) is 14.9. The first kappa shape index (κ1) is 27.3. The summed E-state index contributed by atoms with van der Waals surface area (Å²) in [7, 11) is 4.53. The summed E-state index contributed by atoms with van der Waals surface area (Å²) in [4.78, 5) is 42.3. The second kappa shape index (κ2) is 11.0. The summed E-state index contributed by atoms with van der Waals surface area (Å²) < 4.78 is 16.2. The Balaban J connectivity index is 1.61. The van der Waals surface area contributed by atoms with Crippen molar-refractivity contribution in [3.05, 3.63) is 99.2 Å². The number of H-pyrrole nitrogens is 1. The van der Waals surface area contributed by atoms with Gasteiger partial charge in [-0.1, -0.05) is 18.2 Å². The van der Waals surface area contributed by atoms with Gasteiger partial charge in [0.2, 0.25) is 0 Å². The zero-order valence-electron chi connectivity index (χ0n) is 22.5. The average molecular weight is 558 g/mol.